The third kappa shape index (κ3) is 2.99. The fourth-order valence-corrected chi connectivity index (χ4v) is 2.71. The summed E-state index contributed by atoms with van der Waals surface area (Å²) in [5, 5.41) is 20.5. The van der Waals surface area contributed by atoms with Gasteiger partial charge >= 0.3 is 0 Å². The Morgan fingerprint density at radius 3 is 2.38 bits per heavy atom. The Labute approximate surface area is 134 Å². The standard InChI is InChI=1S/C16H16O3S2/c1-8-4-14(17)12(7-11(8)9(2)20)13-5-10(21)6-15(19-3)16(13)18/h4-7,17-18,21H,1-3H3. The predicted octanol–water partition coefficient (Wildman–Crippen LogP) is 4.11. The molecule has 0 heterocycles. The molecule has 2 aromatic carbocycles. The topological polar surface area (TPSA) is 49.7 Å². The van der Waals surface area contributed by atoms with Gasteiger partial charge in [-0.15, -0.1) is 12.6 Å². The Bertz CT molecular complexity index is 724. The molecule has 21 heavy (non-hydrogen) atoms. The zero-order valence-electron chi connectivity index (χ0n) is 12.0. The molecule has 0 unspecified atom stereocenters. The molecule has 0 aliphatic heterocycles. The van der Waals surface area contributed by atoms with Crippen LogP contribution in [0.3, 0.4) is 0 Å². The predicted molar refractivity (Wildman–Crippen MR) is 91.1 cm³/mol. The van der Waals surface area contributed by atoms with Crippen molar-refractivity contribution in [2.75, 3.05) is 7.11 Å². The smallest absolute Gasteiger partial charge is 0.165 e. The molecule has 0 atom stereocenters. The third-order valence-electron chi connectivity index (χ3n) is 3.29. The third-order valence-corrected chi connectivity index (χ3v) is 3.77. The fraction of sp³-hybridized carbons (Fsp3) is 0.188. The summed E-state index contributed by atoms with van der Waals surface area (Å²) in [7, 11) is 1.47. The van der Waals surface area contributed by atoms with Crippen LogP contribution in [0.1, 0.15) is 18.1 Å². The van der Waals surface area contributed by atoms with Gasteiger partial charge in [0.1, 0.15) is 5.75 Å². The van der Waals surface area contributed by atoms with E-state index in [1.165, 1.54) is 7.11 Å². The molecule has 0 bridgehead atoms. The van der Waals surface area contributed by atoms with Crippen LogP contribution in [0.5, 0.6) is 17.2 Å². The van der Waals surface area contributed by atoms with Crippen LogP contribution in [-0.4, -0.2) is 22.2 Å². The molecule has 0 radical (unpaired) electrons. The summed E-state index contributed by atoms with van der Waals surface area (Å²) in [6, 6.07) is 6.69. The molecular formula is C16H16O3S2. The number of benzene rings is 2. The van der Waals surface area contributed by atoms with Gasteiger partial charge in [-0.25, -0.2) is 0 Å². The lowest BCUT2D eigenvalue weighted by molar-refractivity contribution is 0.373. The van der Waals surface area contributed by atoms with Crippen molar-refractivity contribution in [3.63, 3.8) is 0 Å². The Morgan fingerprint density at radius 1 is 1.14 bits per heavy atom. The van der Waals surface area contributed by atoms with Gasteiger partial charge in [-0.1, -0.05) is 12.2 Å². The lowest BCUT2D eigenvalue weighted by atomic mass is 9.96. The maximum atomic E-state index is 10.3. The fourth-order valence-electron chi connectivity index (χ4n) is 2.24. The Hall–Kier alpha value is -1.72. The van der Waals surface area contributed by atoms with Crippen LogP contribution in [0.15, 0.2) is 29.2 Å². The number of phenolic OH excluding ortho intramolecular Hbond substituents is 2. The summed E-state index contributed by atoms with van der Waals surface area (Å²) >= 11 is 9.52. The number of methoxy groups -OCH3 is 1. The summed E-state index contributed by atoms with van der Waals surface area (Å²) in [4.78, 5) is 1.35. The molecule has 110 valence electrons. The number of aromatic hydroxyl groups is 2. The molecule has 0 aliphatic rings. The summed E-state index contributed by atoms with van der Waals surface area (Å²) in [5.74, 6) is 0.337. The van der Waals surface area contributed by atoms with E-state index in [9.17, 15) is 10.2 Å². The number of ether oxygens (including phenoxy) is 1. The van der Waals surface area contributed by atoms with Crippen molar-refractivity contribution >= 4 is 29.7 Å². The lowest BCUT2D eigenvalue weighted by Crippen LogP contribution is -1.96. The number of hydrogen-bond donors (Lipinski definition) is 3. The van der Waals surface area contributed by atoms with Crippen molar-refractivity contribution in [3.8, 4) is 28.4 Å². The minimum Gasteiger partial charge on any atom is -0.507 e. The average molecular weight is 320 g/mol. The number of hydrogen-bond acceptors (Lipinski definition) is 5. The molecule has 0 aliphatic carbocycles. The Morgan fingerprint density at radius 2 is 1.81 bits per heavy atom. The number of thiocarbonyl (C=S) groups is 1. The lowest BCUT2D eigenvalue weighted by Gasteiger charge is -2.14. The minimum atomic E-state index is -0.0394. The van der Waals surface area contributed by atoms with E-state index in [1.807, 2.05) is 13.8 Å². The van der Waals surface area contributed by atoms with Gasteiger partial charge in [0.05, 0.1) is 7.11 Å². The largest absolute Gasteiger partial charge is 0.507 e. The molecular weight excluding hydrogens is 304 g/mol. The molecule has 5 heteroatoms. The van der Waals surface area contributed by atoms with Crippen molar-refractivity contribution in [3.05, 3.63) is 35.4 Å². The summed E-state index contributed by atoms with van der Waals surface area (Å²) in [6.45, 7) is 3.71. The van der Waals surface area contributed by atoms with Crippen molar-refractivity contribution in [1.82, 2.24) is 0 Å². The van der Waals surface area contributed by atoms with Gasteiger partial charge < -0.3 is 14.9 Å². The highest BCUT2D eigenvalue weighted by molar-refractivity contribution is 7.80. The van der Waals surface area contributed by atoms with E-state index in [4.69, 9.17) is 17.0 Å². The van der Waals surface area contributed by atoms with E-state index in [0.29, 0.717) is 21.8 Å². The number of aryl methyl sites for hydroxylation is 1. The molecule has 3 nitrogen and oxygen atoms in total. The van der Waals surface area contributed by atoms with Crippen LogP contribution in [0.2, 0.25) is 0 Å². The average Bonchev–Trinajstić information content (AvgIpc) is 2.41. The summed E-state index contributed by atoms with van der Waals surface area (Å²) in [5.41, 5.74) is 2.69. The van der Waals surface area contributed by atoms with Gasteiger partial charge in [0.25, 0.3) is 0 Å². The van der Waals surface area contributed by atoms with E-state index in [-0.39, 0.29) is 11.5 Å². The number of rotatable bonds is 3. The molecule has 0 aromatic heterocycles. The SMILES string of the molecule is COc1cc(S)cc(-c2cc(C(C)=S)c(C)cc2O)c1O. The molecule has 0 saturated carbocycles. The first kappa shape index (κ1) is 15.7. The Kier molecular flexibility index (Phi) is 4.44. The number of thiol groups is 1. The van der Waals surface area contributed by atoms with Crippen LogP contribution < -0.4 is 4.74 Å². The molecule has 0 spiro atoms. The van der Waals surface area contributed by atoms with E-state index in [0.717, 1.165) is 16.0 Å². The van der Waals surface area contributed by atoms with Crippen LogP contribution in [0.4, 0.5) is 0 Å². The number of phenols is 2. The van der Waals surface area contributed by atoms with Gasteiger partial charge in [-0.2, -0.15) is 0 Å². The zero-order chi connectivity index (χ0) is 15.7. The highest BCUT2D eigenvalue weighted by Crippen LogP contribution is 2.43. The van der Waals surface area contributed by atoms with Gasteiger partial charge in [-0.3, -0.25) is 0 Å². The molecule has 2 N–H and O–H groups in total. The molecule has 0 saturated heterocycles. The second-order valence-electron chi connectivity index (χ2n) is 4.78. The van der Waals surface area contributed by atoms with Gasteiger partial charge in [0.15, 0.2) is 11.5 Å². The van der Waals surface area contributed by atoms with E-state index in [1.54, 1.807) is 24.3 Å². The quantitative estimate of drug-likeness (QED) is 0.452. The van der Waals surface area contributed by atoms with Gasteiger partial charge in [-0.05, 0) is 49.2 Å². The molecule has 0 amide bonds. The van der Waals surface area contributed by atoms with E-state index < -0.39 is 0 Å². The molecule has 2 rings (SSSR count). The van der Waals surface area contributed by atoms with Crippen LogP contribution in [0.25, 0.3) is 11.1 Å². The first-order valence-electron chi connectivity index (χ1n) is 6.30. The first-order valence-corrected chi connectivity index (χ1v) is 7.15. The minimum absolute atomic E-state index is 0.0394. The van der Waals surface area contributed by atoms with Crippen LogP contribution >= 0.6 is 24.8 Å². The summed E-state index contributed by atoms with van der Waals surface area (Å²) in [6.07, 6.45) is 0. The maximum absolute atomic E-state index is 10.3. The molecule has 0 fully saturated rings. The van der Waals surface area contributed by atoms with Crippen molar-refractivity contribution in [2.45, 2.75) is 18.7 Å². The van der Waals surface area contributed by atoms with E-state index >= 15 is 0 Å². The normalized spacial score (nSPS) is 10.5. The van der Waals surface area contributed by atoms with Gasteiger partial charge in [0, 0.05) is 20.9 Å². The molecule has 2 aromatic rings. The Balaban J connectivity index is 2.75. The highest BCUT2D eigenvalue weighted by Gasteiger charge is 2.16. The zero-order valence-corrected chi connectivity index (χ0v) is 13.7. The van der Waals surface area contributed by atoms with Crippen molar-refractivity contribution in [1.29, 1.82) is 0 Å². The van der Waals surface area contributed by atoms with Crippen LogP contribution in [0, 0.1) is 6.92 Å². The first-order chi connectivity index (χ1) is 9.85. The van der Waals surface area contributed by atoms with Crippen molar-refractivity contribution < 1.29 is 14.9 Å². The monoisotopic (exact) mass is 320 g/mol. The second kappa shape index (κ2) is 5.95. The van der Waals surface area contributed by atoms with Crippen molar-refractivity contribution in [2.24, 2.45) is 0 Å². The highest BCUT2D eigenvalue weighted by atomic mass is 32.1. The summed E-state index contributed by atoms with van der Waals surface area (Å²) < 4.78 is 5.12. The van der Waals surface area contributed by atoms with Crippen LogP contribution in [-0.2, 0) is 0 Å². The maximum Gasteiger partial charge on any atom is 0.165 e. The van der Waals surface area contributed by atoms with E-state index in [2.05, 4.69) is 12.6 Å². The van der Waals surface area contributed by atoms with Gasteiger partial charge in [0.2, 0.25) is 0 Å². The second-order valence-corrected chi connectivity index (χ2v) is 5.91.